The molecule has 0 spiro atoms. The molecule has 1 N–H and O–H groups in total. The van der Waals surface area contributed by atoms with Gasteiger partial charge in [-0.05, 0) is 6.42 Å². The second-order valence-corrected chi connectivity index (χ2v) is 4.29. The summed E-state index contributed by atoms with van der Waals surface area (Å²) < 4.78 is 0. The number of carbonyl (C=O) groups is 1. The van der Waals surface area contributed by atoms with Crippen LogP contribution in [0.4, 0.5) is 0 Å². The van der Waals surface area contributed by atoms with E-state index in [1.165, 1.54) is 38.5 Å². The number of nitrogens with one attached hydrogen (secondary N) is 1. The Kier molecular flexibility index (Phi) is 11.6. The summed E-state index contributed by atoms with van der Waals surface area (Å²) in [6.45, 7) is 3.04. The standard InChI is InChI=1S/C12H24ClNO/c1-2-3-4-5-6-7-8-11-14-12(15)9-10-13/h2-11H2,1H3,(H,14,15). The molecular formula is C12H24ClNO. The van der Waals surface area contributed by atoms with Crippen LogP contribution < -0.4 is 5.32 Å². The maximum Gasteiger partial charge on any atom is 0.221 e. The maximum absolute atomic E-state index is 11.0. The Bertz CT molecular complexity index is 151. The summed E-state index contributed by atoms with van der Waals surface area (Å²) in [5.74, 6) is 0.499. The molecule has 0 rings (SSSR count). The molecule has 0 atom stereocenters. The lowest BCUT2D eigenvalue weighted by Gasteiger charge is -2.03. The molecule has 0 aromatic rings. The topological polar surface area (TPSA) is 29.1 Å². The van der Waals surface area contributed by atoms with Gasteiger partial charge in [0.2, 0.25) is 5.91 Å². The van der Waals surface area contributed by atoms with E-state index in [0.717, 1.165) is 13.0 Å². The SMILES string of the molecule is CCCCCCCCCNC(=O)CCCl. The first kappa shape index (κ1) is 14.8. The number of rotatable bonds is 10. The molecule has 3 heteroatoms. The van der Waals surface area contributed by atoms with E-state index in [4.69, 9.17) is 11.6 Å². The molecule has 15 heavy (non-hydrogen) atoms. The monoisotopic (exact) mass is 233 g/mol. The van der Waals surface area contributed by atoms with Crippen molar-refractivity contribution < 1.29 is 4.79 Å². The van der Waals surface area contributed by atoms with Crippen LogP contribution in [0.5, 0.6) is 0 Å². The van der Waals surface area contributed by atoms with Crippen LogP contribution >= 0.6 is 11.6 Å². The molecule has 0 fully saturated rings. The average molecular weight is 234 g/mol. The largest absolute Gasteiger partial charge is 0.356 e. The lowest BCUT2D eigenvalue weighted by Crippen LogP contribution is -2.24. The number of carbonyl (C=O) groups excluding carboxylic acids is 1. The molecule has 0 aromatic heterocycles. The molecule has 2 nitrogen and oxygen atoms in total. The third-order valence-electron chi connectivity index (χ3n) is 2.42. The van der Waals surface area contributed by atoms with Crippen molar-refractivity contribution >= 4 is 17.5 Å². The highest BCUT2D eigenvalue weighted by atomic mass is 35.5. The van der Waals surface area contributed by atoms with Crippen molar-refractivity contribution in [1.82, 2.24) is 5.32 Å². The van der Waals surface area contributed by atoms with Gasteiger partial charge in [0.1, 0.15) is 0 Å². The van der Waals surface area contributed by atoms with Crippen molar-refractivity contribution in [3.63, 3.8) is 0 Å². The second kappa shape index (κ2) is 11.8. The third-order valence-corrected chi connectivity index (χ3v) is 2.61. The minimum absolute atomic E-state index is 0.0796. The van der Waals surface area contributed by atoms with Crippen molar-refractivity contribution in [3.05, 3.63) is 0 Å². The van der Waals surface area contributed by atoms with Gasteiger partial charge in [0.05, 0.1) is 0 Å². The van der Waals surface area contributed by atoms with Crippen molar-refractivity contribution in [2.75, 3.05) is 12.4 Å². The summed E-state index contributed by atoms with van der Waals surface area (Å²) in [6, 6.07) is 0. The lowest BCUT2D eigenvalue weighted by atomic mass is 10.1. The minimum atomic E-state index is 0.0796. The van der Waals surface area contributed by atoms with Crippen LogP contribution in [-0.4, -0.2) is 18.3 Å². The van der Waals surface area contributed by atoms with E-state index in [1.807, 2.05) is 0 Å². The third kappa shape index (κ3) is 11.7. The Morgan fingerprint density at radius 2 is 1.67 bits per heavy atom. The number of unbranched alkanes of at least 4 members (excludes halogenated alkanes) is 6. The highest BCUT2D eigenvalue weighted by Crippen LogP contribution is 2.06. The van der Waals surface area contributed by atoms with Crippen LogP contribution in [0.2, 0.25) is 0 Å². The zero-order chi connectivity index (χ0) is 11.4. The molecule has 0 aliphatic rings. The van der Waals surface area contributed by atoms with Gasteiger partial charge < -0.3 is 5.32 Å². The molecule has 0 unspecified atom stereocenters. The van der Waals surface area contributed by atoms with Gasteiger partial charge in [-0.25, -0.2) is 0 Å². The van der Waals surface area contributed by atoms with Gasteiger partial charge in [-0.2, -0.15) is 0 Å². The summed E-state index contributed by atoms with van der Waals surface area (Å²) in [5, 5.41) is 2.86. The molecule has 0 saturated heterocycles. The van der Waals surface area contributed by atoms with Crippen LogP contribution in [0.25, 0.3) is 0 Å². The van der Waals surface area contributed by atoms with E-state index in [9.17, 15) is 4.79 Å². The summed E-state index contributed by atoms with van der Waals surface area (Å²) in [5.41, 5.74) is 0. The molecule has 0 saturated carbocycles. The summed E-state index contributed by atoms with van der Waals surface area (Å²) in [4.78, 5) is 11.0. The van der Waals surface area contributed by atoms with Gasteiger partial charge in [0, 0.05) is 18.8 Å². The maximum atomic E-state index is 11.0. The Hall–Kier alpha value is -0.240. The van der Waals surface area contributed by atoms with Crippen molar-refractivity contribution in [2.24, 2.45) is 0 Å². The Morgan fingerprint density at radius 1 is 1.07 bits per heavy atom. The normalized spacial score (nSPS) is 10.3. The number of alkyl halides is 1. The molecule has 1 amide bonds. The van der Waals surface area contributed by atoms with Crippen molar-refractivity contribution in [2.45, 2.75) is 58.3 Å². The first-order valence-corrected chi connectivity index (χ1v) is 6.67. The number of hydrogen-bond acceptors (Lipinski definition) is 1. The van der Waals surface area contributed by atoms with E-state index >= 15 is 0 Å². The molecule has 0 heterocycles. The van der Waals surface area contributed by atoms with Crippen molar-refractivity contribution in [3.8, 4) is 0 Å². The van der Waals surface area contributed by atoms with Crippen molar-refractivity contribution in [1.29, 1.82) is 0 Å². The van der Waals surface area contributed by atoms with E-state index in [-0.39, 0.29) is 5.91 Å². The van der Waals surface area contributed by atoms with E-state index in [0.29, 0.717) is 12.3 Å². The zero-order valence-electron chi connectivity index (χ0n) is 9.86. The summed E-state index contributed by atoms with van der Waals surface area (Å²) >= 11 is 5.45. The van der Waals surface area contributed by atoms with Gasteiger partial charge in [0.25, 0.3) is 0 Å². The van der Waals surface area contributed by atoms with Gasteiger partial charge in [-0.15, -0.1) is 11.6 Å². The predicted octanol–water partition coefficient (Wildman–Crippen LogP) is 3.48. The molecule has 0 aliphatic carbocycles. The average Bonchev–Trinajstić information content (AvgIpc) is 2.22. The fraction of sp³-hybridized carbons (Fsp3) is 0.917. The van der Waals surface area contributed by atoms with Gasteiger partial charge >= 0.3 is 0 Å². The van der Waals surface area contributed by atoms with E-state index < -0.39 is 0 Å². The molecule has 0 aromatic carbocycles. The molecule has 0 aliphatic heterocycles. The highest BCUT2D eigenvalue weighted by molar-refractivity contribution is 6.18. The summed E-state index contributed by atoms with van der Waals surface area (Å²) in [6.07, 6.45) is 9.41. The quantitative estimate of drug-likeness (QED) is 0.454. The molecule has 0 radical (unpaired) electrons. The number of halogens is 1. The highest BCUT2D eigenvalue weighted by Gasteiger charge is 1.97. The molecule has 90 valence electrons. The number of hydrogen-bond donors (Lipinski definition) is 1. The van der Waals surface area contributed by atoms with Gasteiger partial charge in [-0.3, -0.25) is 4.79 Å². The first-order valence-electron chi connectivity index (χ1n) is 6.14. The zero-order valence-corrected chi connectivity index (χ0v) is 10.6. The van der Waals surface area contributed by atoms with Crippen LogP contribution in [0.1, 0.15) is 58.3 Å². The number of amides is 1. The molecular weight excluding hydrogens is 210 g/mol. The Morgan fingerprint density at radius 3 is 2.27 bits per heavy atom. The van der Waals surface area contributed by atoms with Crippen LogP contribution in [-0.2, 0) is 4.79 Å². The molecule has 0 bridgehead atoms. The Balaban J connectivity index is 3.01. The van der Waals surface area contributed by atoms with E-state index in [2.05, 4.69) is 12.2 Å². The fourth-order valence-electron chi connectivity index (χ4n) is 1.48. The minimum Gasteiger partial charge on any atom is -0.356 e. The smallest absolute Gasteiger partial charge is 0.221 e. The van der Waals surface area contributed by atoms with Gasteiger partial charge in [0.15, 0.2) is 0 Å². The summed E-state index contributed by atoms with van der Waals surface area (Å²) in [7, 11) is 0. The van der Waals surface area contributed by atoms with E-state index in [1.54, 1.807) is 0 Å². The van der Waals surface area contributed by atoms with Crippen LogP contribution in [0, 0.1) is 0 Å². The predicted molar refractivity (Wildman–Crippen MR) is 66.3 cm³/mol. The first-order chi connectivity index (χ1) is 7.31. The second-order valence-electron chi connectivity index (χ2n) is 3.91. The van der Waals surface area contributed by atoms with Gasteiger partial charge in [-0.1, -0.05) is 45.4 Å². The lowest BCUT2D eigenvalue weighted by molar-refractivity contribution is -0.120. The van der Waals surface area contributed by atoms with Crippen LogP contribution in [0.15, 0.2) is 0 Å². The van der Waals surface area contributed by atoms with Crippen LogP contribution in [0.3, 0.4) is 0 Å². The fourth-order valence-corrected chi connectivity index (χ4v) is 1.66. The Labute approximate surface area is 98.8 Å².